The molecular weight excluding hydrogens is 405 g/mol. The summed E-state index contributed by atoms with van der Waals surface area (Å²) in [5.41, 5.74) is 1.45. The lowest BCUT2D eigenvalue weighted by Crippen LogP contribution is -2.42. The zero-order valence-corrected chi connectivity index (χ0v) is 16.4. The van der Waals surface area contributed by atoms with Crippen LogP contribution in [-0.4, -0.2) is 42.6 Å². The molecule has 1 aliphatic rings. The summed E-state index contributed by atoms with van der Waals surface area (Å²) in [5, 5.41) is 6.54. The highest BCUT2D eigenvalue weighted by Crippen LogP contribution is 2.21. The van der Waals surface area contributed by atoms with E-state index in [4.69, 9.17) is 0 Å². The number of thiophene rings is 1. The Morgan fingerprint density at radius 1 is 1.14 bits per heavy atom. The number of halogens is 3. The number of carbonyl (C=O) groups is 2. The van der Waals surface area contributed by atoms with Gasteiger partial charge in [0.25, 0.3) is 5.91 Å². The zero-order valence-electron chi connectivity index (χ0n) is 15.6. The molecule has 0 saturated carbocycles. The number of hydrogen-bond donors (Lipinski definition) is 1. The summed E-state index contributed by atoms with van der Waals surface area (Å²) in [6.07, 6.45) is -3.17. The lowest BCUT2D eigenvalue weighted by Gasteiger charge is -2.31. The van der Waals surface area contributed by atoms with Gasteiger partial charge in [-0.1, -0.05) is 12.1 Å². The molecule has 9 heteroatoms. The van der Waals surface area contributed by atoms with Crippen LogP contribution in [0.4, 0.5) is 13.2 Å². The Morgan fingerprint density at radius 3 is 2.41 bits per heavy atom. The molecule has 0 atom stereocenters. The van der Waals surface area contributed by atoms with Crippen molar-refractivity contribution >= 4 is 23.2 Å². The molecule has 1 aliphatic heterocycles. The van der Waals surface area contributed by atoms with Crippen LogP contribution in [-0.2, 0) is 11.3 Å². The number of rotatable bonds is 6. The van der Waals surface area contributed by atoms with Gasteiger partial charge >= 0.3 is 6.18 Å². The predicted octanol–water partition coefficient (Wildman–Crippen LogP) is 3.86. The molecule has 3 rings (SSSR count). The van der Waals surface area contributed by atoms with Gasteiger partial charge in [0.2, 0.25) is 5.91 Å². The molecule has 0 bridgehead atoms. The molecule has 1 N–H and O–H groups in total. The van der Waals surface area contributed by atoms with Gasteiger partial charge in [0.1, 0.15) is 5.75 Å². The van der Waals surface area contributed by atoms with Gasteiger partial charge in [0.15, 0.2) is 6.61 Å². The molecule has 2 aromatic rings. The van der Waals surface area contributed by atoms with Gasteiger partial charge in [-0.05, 0) is 42.0 Å². The molecule has 2 amide bonds. The molecule has 0 radical (unpaired) electrons. The van der Waals surface area contributed by atoms with Crippen LogP contribution in [0, 0.1) is 5.92 Å². The Labute approximate surface area is 170 Å². The smallest absolute Gasteiger partial charge is 0.422 e. The lowest BCUT2D eigenvalue weighted by atomic mass is 9.95. The van der Waals surface area contributed by atoms with E-state index < -0.39 is 12.8 Å². The fourth-order valence-electron chi connectivity index (χ4n) is 3.12. The molecule has 29 heavy (non-hydrogen) atoms. The summed E-state index contributed by atoms with van der Waals surface area (Å²) in [6.45, 7) is 0.0269. The SMILES string of the molecule is O=C(NCc1ccc(OCC(F)(F)F)cc1)C1CCN(C(=O)c2ccsc2)CC1. The Morgan fingerprint density at radius 2 is 1.83 bits per heavy atom. The third-order valence-corrected chi connectivity index (χ3v) is 5.40. The average Bonchev–Trinajstić information content (AvgIpc) is 3.25. The number of carbonyl (C=O) groups excluding carboxylic acids is 2. The van der Waals surface area contributed by atoms with Crippen molar-refractivity contribution in [3.05, 3.63) is 52.2 Å². The Hall–Kier alpha value is -2.55. The maximum absolute atomic E-state index is 12.4. The summed E-state index contributed by atoms with van der Waals surface area (Å²) < 4.78 is 41.1. The third kappa shape index (κ3) is 6.22. The molecule has 0 spiro atoms. The second-order valence-electron chi connectivity index (χ2n) is 6.84. The predicted molar refractivity (Wildman–Crippen MR) is 103 cm³/mol. The van der Waals surface area contributed by atoms with Gasteiger partial charge in [-0.25, -0.2) is 0 Å². The highest BCUT2D eigenvalue weighted by molar-refractivity contribution is 7.08. The van der Waals surface area contributed by atoms with E-state index in [0.29, 0.717) is 31.5 Å². The molecule has 0 unspecified atom stereocenters. The largest absolute Gasteiger partial charge is 0.484 e. The third-order valence-electron chi connectivity index (χ3n) is 4.71. The second-order valence-corrected chi connectivity index (χ2v) is 7.62. The first kappa shape index (κ1) is 21.2. The van der Waals surface area contributed by atoms with Gasteiger partial charge in [0, 0.05) is 30.9 Å². The van der Waals surface area contributed by atoms with Crippen LogP contribution in [0.25, 0.3) is 0 Å². The van der Waals surface area contributed by atoms with Crippen molar-refractivity contribution in [1.82, 2.24) is 10.2 Å². The Bertz CT molecular complexity index is 814. The van der Waals surface area contributed by atoms with Crippen molar-refractivity contribution in [3.63, 3.8) is 0 Å². The van der Waals surface area contributed by atoms with E-state index in [9.17, 15) is 22.8 Å². The quantitative estimate of drug-likeness (QED) is 0.763. The first-order valence-electron chi connectivity index (χ1n) is 9.19. The van der Waals surface area contributed by atoms with E-state index in [1.165, 1.54) is 23.5 Å². The van der Waals surface area contributed by atoms with E-state index in [0.717, 1.165) is 5.56 Å². The average molecular weight is 426 g/mol. The van der Waals surface area contributed by atoms with Crippen LogP contribution in [0.5, 0.6) is 5.75 Å². The standard InChI is InChI=1S/C20H21F3N2O3S/c21-20(22,23)13-28-17-3-1-14(2-4-17)11-24-18(26)15-5-8-25(9-6-15)19(27)16-7-10-29-12-16/h1-4,7,10,12,15H,5-6,8-9,11,13H2,(H,24,26). The number of ether oxygens (including phenoxy) is 1. The van der Waals surface area contributed by atoms with Crippen molar-refractivity contribution in [2.75, 3.05) is 19.7 Å². The van der Waals surface area contributed by atoms with Crippen molar-refractivity contribution in [3.8, 4) is 5.75 Å². The minimum absolute atomic E-state index is 0.00191. The van der Waals surface area contributed by atoms with Crippen LogP contribution >= 0.6 is 11.3 Å². The number of nitrogens with one attached hydrogen (secondary N) is 1. The number of nitrogens with zero attached hydrogens (tertiary/aromatic N) is 1. The number of alkyl halides is 3. The highest BCUT2D eigenvalue weighted by Gasteiger charge is 2.29. The second kappa shape index (κ2) is 9.30. The number of benzene rings is 1. The molecular formula is C20H21F3N2O3S. The maximum Gasteiger partial charge on any atom is 0.422 e. The number of hydrogen-bond acceptors (Lipinski definition) is 4. The molecule has 2 heterocycles. The molecule has 1 saturated heterocycles. The van der Waals surface area contributed by atoms with Crippen LogP contribution in [0.3, 0.4) is 0 Å². The minimum atomic E-state index is -4.38. The molecule has 156 valence electrons. The summed E-state index contributed by atoms with van der Waals surface area (Å²) in [6, 6.07) is 7.93. The van der Waals surface area contributed by atoms with E-state index in [2.05, 4.69) is 10.1 Å². The van der Waals surface area contributed by atoms with E-state index in [-0.39, 0.29) is 30.0 Å². The van der Waals surface area contributed by atoms with Crippen LogP contribution in [0.2, 0.25) is 0 Å². The zero-order chi connectivity index (χ0) is 20.9. The topological polar surface area (TPSA) is 58.6 Å². The van der Waals surface area contributed by atoms with E-state index in [1.54, 1.807) is 23.1 Å². The van der Waals surface area contributed by atoms with Gasteiger partial charge in [-0.2, -0.15) is 24.5 Å². The van der Waals surface area contributed by atoms with Gasteiger partial charge in [0.05, 0.1) is 5.56 Å². The van der Waals surface area contributed by atoms with Crippen molar-refractivity contribution in [2.45, 2.75) is 25.6 Å². The molecule has 1 aromatic heterocycles. The molecule has 1 aromatic carbocycles. The highest BCUT2D eigenvalue weighted by atomic mass is 32.1. The summed E-state index contributed by atoms with van der Waals surface area (Å²) in [7, 11) is 0. The fourth-order valence-corrected chi connectivity index (χ4v) is 3.75. The van der Waals surface area contributed by atoms with Crippen LogP contribution in [0.15, 0.2) is 41.1 Å². The lowest BCUT2D eigenvalue weighted by molar-refractivity contribution is -0.153. The minimum Gasteiger partial charge on any atom is -0.484 e. The molecule has 0 aliphatic carbocycles. The van der Waals surface area contributed by atoms with Crippen molar-refractivity contribution in [1.29, 1.82) is 0 Å². The number of amides is 2. The van der Waals surface area contributed by atoms with Crippen molar-refractivity contribution in [2.24, 2.45) is 5.92 Å². The first-order valence-corrected chi connectivity index (χ1v) is 10.1. The van der Waals surface area contributed by atoms with Gasteiger partial charge < -0.3 is 15.0 Å². The van der Waals surface area contributed by atoms with Gasteiger partial charge in [-0.15, -0.1) is 0 Å². The van der Waals surface area contributed by atoms with Crippen LogP contribution in [0.1, 0.15) is 28.8 Å². The number of piperidine rings is 1. The molecule has 1 fully saturated rings. The monoisotopic (exact) mass is 426 g/mol. The van der Waals surface area contributed by atoms with Gasteiger partial charge in [-0.3, -0.25) is 9.59 Å². The summed E-state index contributed by atoms with van der Waals surface area (Å²) in [5.74, 6) is -0.112. The van der Waals surface area contributed by atoms with E-state index in [1.807, 2.05) is 10.8 Å². The van der Waals surface area contributed by atoms with Crippen LogP contribution < -0.4 is 10.1 Å². The van der Waals surface area contributed by atoms with E-state index >= 15 is 0 Å². The Kier molecular flexibility index (Phi) is 6.79. The fraction of sp³-hybridized carbons (Fsp3) is 0.400. The maximum atomic E-state index is 12.4. The molecule has 5 nitrogen and oxygen atoms in total. The number of likely N-dealkylation sites (tertiary alicyclic amines) is 1. The summed E-state index contributed by atoms with van der Waals surface area (Å²) in [4.78, 5) is 26.5. The first-order chi connectivity index (χ1) is 13.8. The normalized spacial score (nSPS) is 15.2. The Balaban J connectivity index is 1.41. The summed E-state index contributed by atoms with van der Waals surface area (Å²) >= 11 is 1.48. The van der Waals surface area contributed by atoms with Crippen molar-refractivity contribution < 1.29 is 27.5 Å².